The van der Waals surface area contributed by atoms with Crippen LogP contribution in [0.1, 0.15) is 18.4 Å². The van der Waals surface area contributed by atoms with Crippen LogP contribution in [0.15, 0.2) is 16.7 Å². The van der Waals surface area contributed by atoms with Gasteiger partial charge in [-0.3, -0.25) is 0 Å². The molecule has 0 spiro atoms. The van der Waals surface area contributed by atoms with Crippen LogP contribution < -0.4 is 10.2 Å². The third kappa shape index (κ3) is 3.68. The molecule has 1 N–H and O–H groups in total. The van der Waals surface area contributed by atoms with Gasteiger partial charge in [0.15, 0.2) is 0 Å². The van der Waals surface area contributed by atoms with E-state index in [1.54, 1.807) is 0 Å². The monoisotopic (exact) mass is 326 g/mol. The number of pyridine rings is 1. The molecule has 1 unspecified atom stereocenters. The average Bonchev–Trinajstić information content (AvgIpc) is 2.39. The van der Waals surface area contributed by atoms with Gasteiger partial charge in [-0.25, -0.2) is 4.98 Å². The van der Waals surface area contributed by atoms with Crippen LogP contribution in [0.5, 0.6) is 0 Å². The minimum Gasteiger partial charge on any atom is -0.355 e. The predicted octanol–water partition coefficient (Wildman–Crippen LogP) is 2.09. The highest BCUT2D eigenvalue weighted by Crippen LogP contribution is 2.25. The number of anilines is 1. The van der Waals surface area contributed by atoms with Gasteiger partial charge < -0.3 is 15.1 Å². The van der Waals surface area contributed by atoms with Crippen molar-refractivity contribution in [2.45, 2.75) is 25.4 Å². The molecule has 5 heteroatoms. The summed E-state index contributed by atoms with van der Waals surface area (Å²) in [5.74, 6) is 1.13. The smallest absolute Gasteiger partial charge is 0.133 e. The maximum absolute atomic E-state index is 4.63. The van der Waals surface area contributed by atoms with E-state index in [0.29, 0.717) is 6.04 Å². The molecule has 0 aromatic carbocycles. The summed E-state index contributed by atoms with van der Waals surface area (Å²) in [7, 11) is 6.30. The molecule has 1 fully saturated rings. The zero-order valence-electron chi connectivity index (χ0n) is 12.0. The van der Waals surface area contributed by atoms with Gasteiger partial charge in [0.1, 0.15) is 5.82 Å². The zero-order valence-corrected chi connectivity index (χ0v) is 13.6. The Balaban J connectivity index is 2.20. The lowest BCUT2D eigenvalue weighted by atomic mass is 10.0. The fraction of sp³-hybridized carbons (Fsp3) is 0.643. The Hall–Kier alpha value is -0.650. The van der Waals surface area contributed by atoms with Crippen LogP contribution in [-0.2, 0) is 6.54 Å². The summed E-state index contributed by atoms with van der Waals surface area (Å²) in [4.78, 5) is 9.38. The van der Waals surface area contributed by atoms with Crippen LogP contribution in [0.3, 0.4) is 0 Å². The number of aromatic nitrogens is 1. The highest BCUT2D eigenvalue weighted by Gasteiger charge is 2.23. The molecule has 4 nitrogen and oxygen atoms in total. The number of rotatable bonds is 4. The van der Waals surface area contributed by atoms with Crippen molar-refractivity contribution in [1.82, 2.24) is 15.2 Å². The van der Waals surface area contributed by atoms with Crippen molar-refractivity contribution < 1.29 is 0 Å². The molecule has 1 aliphatic heterocycles. The topological polar surface area (TPSA) is 31.4 Å². The summed E-state index contributed by atoms with van der Waals surface area (Å²) in [5, 5.41) is 3.23. The molecule has 1 aromatic heterocycles. The average molecular weight is 327 g/mol. The fourth-order valence-corrected chi connectivity index (χ4v) is 3.03. The number of hydrogen-bond donors (Lipinski definition) is 1. The minimum absolute atomic E-state index is 0.627. The van der Waals surface area contributed by atoms with E-state index in [2.05, 4.69) is 56.2 Å². The second kappa shape index (κ2) is 6.68. The number of likely N-dealkylation sites (N-methyl/N-ethyl adjacent to an activating group) is 1. The van der Waals surface area contributed by atoms with Crippen molar-refractivity contribution in [2.75, 3.05) is 39.1 Å². The molecule has 0 amide bonds. The van der Waals surface area contributed by atoms with Gasteiger partial charge in [-0.2, -0.15) is 0 Å². The summed E-state index contributed by atoms with van der Waals surface area (Å²) in [5.41, 5.74) is 1.26. The van der Waals surface area contributed by atoms with Crippen LogP contribution in [0.4, 0.5) is 5.82 Å². The fourth-order valence-electron chi connectivity index (χ4n) is 2.65. The number of halogens is 1. The SMILES string of the molecule is CNCc1cc(Br)cnc1N1CCCC(N(C)C)C1. The molecule has 106 valence electrons. The van der Waals surface area contributed by atoms with Crippen molar-refractivity contribution >= 4 is 21.7 Å². The summed E-state index contributed by atoms with van der Waals surface area (Å²) in [6.45, 7) is 3.03. The van der Waals surface area contributed by atoms with Crippen molar-refractivity contribution in [2.24, 2.45) is 0 Å². The molecule has 0 aliphatic carbocycles. The Morgan fingerprint density at radius 1 is 1.53 bits per heavy atom. The van der Waals surface area contributed by atoms with E-state index in [1.807, 2.05) is 13.2 Å². The Kier molecular flexibility index (Phi) is 5.19. The van der Waals surface area contributed by atoms with Gasteiger partial charge >= 0.3 is 0 Å². The summed E-state index contributed by atoms with van der Waals surface area (Å²) >= 11 is 3.51. The minimum atomic E-state index is 0.627. The molecule has 2 heterocycles. The van der Waals surface area contributed by atoms with E-state index in [1.165, 1.54) is 18.4 Å². The van der Waals surface area contributed by atoms with Crippen LogP contribution in [0, 0.1) is 0 Å². The maximum Gasteiger partial charge on any atom is 0.133 e. The standard InChI is InChI=1S/C14H23BrN4/c1-16-8-11-7-12(15)9-17-14(11)19-6-4-5-13(10-19)18(2)3/h7,9,13,16H,4-6,8,10H2,1-3H3. The second-order valence-electron chi connectivity index (χ2n) is 5.37. The summed E-state index contributed by atoms with van der Waals surface area (Å²) < 4.78 is 1.04. The van der Waals surface area contributed by atoms with Crippen molar-refractivity contribution in [3.8, 4) is 0 Å². The highest BCUT2D eigenvalue weighted by atomic mass is 79.9. The van der Waals surface area contributed by atoms with Gasteiger partial charge in [-0.1, -0.05) is 0 Å². The van der Waals surface area contributed by atoms with Gasteiger partial charge in [0.05, 0.1) is 0 Å². The first-order valence-corrected chi connectivity index (χ1v) is 7.61. The van der Waals surface area contributed by atoms with Crippen molar-refractivity contribution in [1.29, 1.82) is 0 Å². The molecule has 1 aromatic rings. The van der Waals surface area contributed by atoms with Gasteiger partial charge in [-0.15, -0.1) is 0 Å². The summed E-state index contributed by atoms with van der Waals surface area (Å²) in [6, 6.07) is 2.79. The molecule has 0 bridgehead atoms. The van der Waals surface area contributed by atoms with E-state index in [4.69, 9.17) is 0 Å². The Morgan fingerprint density at radius 2 is 2.32 bits per heavy atom. The van der Waals surface area contributed by atoms with Gasteiger partial charge in [0, 0.05) is 41.9 Å². The number of hydrogen-bond acceptors (Lipinski definition) is 4. The molecule has 1 atom stereocenters. The number of nitrogens with zero attached hydrogens (tertiary/aromatic N) is 3. The van der Waals surface area contributed by atoms with E-state index >= 15 is 0 Å². The Morgan fingerprint density at radius 3 is 3.00 bits per heavy atom. The van der Waals surface area contributed by atoms with E-state index < -0.39 is 0 Å². The predicted molar refractivity (Wildman–Crippen MR) is 83.6 cm³/mol. The van der Waals surface area contributed by atoms with Crippen LogP contribution in [0.2, 0.25) is 0 Å². The first kappa shape index (κ1) is 14.8. The number of nitrogens with one attached hydrogen (secondary N) is 1. The van der Waals surface area contributed by atoms with E-state index in [9.17, 15) is 0 Å². The molecule has 1 aliphatic rings. The highest BCUT2D eigenvalue weighted by molar-refractivity contribution is 9.10. The molecule has 2 rings (SSSR count). The second-order valence-corrected chi connectivity index (χ2v) is 6.29. The molecular weight excluding hydrogens is 304 g/mol. The first-order chi connectivity index (χ1) is 9.11. The van der Waals surface area contributed by atoms with Gasteiger partial charge in [-0.05, 0) is 56.0 Å². The van der Waals surface area contributed by atoms with Crippen LogP contribution in [-0.4, -0.2) is 50.2 Å². The largest absolute Gasteiger partial charge is 0.355 e. The van der Waals surface area contributed by atoms with Gasteiger partial charge in [0.25, 0.3) is 0 Å². The van der Waals surface area contributed by atoms with Crippen molar-refractivity contribution in [3.05, 3.63) is 22.3 Å². The third-order valence-electron chi connectivity index (χ3n) is 3.70. The third-order valence-corrected chi connectivity index (χ3v) is 4.14. The van der Waals surface area contributed by atoms with Crippen LogP contribution >= 0.6 is 15.9 Å². The van der Waals surface area contributed by atoms with E-state index in [0.717, 1.165) is 29.9 Å². The lowest BCUT2D eigenvalue weighted by Crippen LogP contribution is -2.45. The number of piperidine rings is 1. The molecule has 0 saturated carbocycles. The lowest BCUT2D eigenvalue weighted by molar-refractivity contribution is 0.257. The molecule has 1 saturated heterocycles. The normalized spacial score (nSPS) is 20.1. The van der Waals surface area contributed by atoms with E-state index in [-0.39, 0.29) is 0 Å². The lowest BCUT2D eigenvalue weighted by Gasteiger charge is -2.37. The zero-order chi connectivity index (χ0) is 13.8. The molecular formula is C14H23BrN4. The van der Waals surface area contributed by atoms with Crippen LogP contribution in [0.25, 0.3) is 0 Å². The Labute approximate surface area is 124 Å². The Bertz CT molecular complexity index is 422. The van der Waals surface area contributed by atoms with Crippen molar-refractivity contribution in [3.63, 3.8) is 0 Å². The summed E-state index contributed by atoms with van der Waals surface area (Å²) in [6.07, 6.45) is 4.41. The van der Waals surface area contributed by atoms with Gasteiger partial charge in [0.2, 0.25) is 0 Å². The first-order valence-electron chi connectivity index (χ1n) is 6.82. The quantitative estimate of drug-likeness (QED) is 0.918. The maximum atomic E-state index is 4.63. The molecule has 19 heavy (non-hydrogen) atoms. The molecule has 0 radical (unpaired) electrons.